The molecule has 20 heavy (non-hydrogen) atoms. The Labute approximate surface area is 116 Å². The van der Waals surface area contributed by atoms with E-state index in [9.17, 15) is 4.79 Å². The van der Waals surface area contributed by atoms with Gasteiger partial charge in [-0.15, -0.1) is 0 Å². The highest BCUT2D eigenvalue weighted by atomic mass is 16.4. The first-order chi connectivity index (χ1) is 9.75. The van der Waals surface area contributed by atoms with Gasteiger partial charge in [-0.05, 0) is 23.3 Å². The maximum absolute atomic E-state index is 11.2. The van der Waals surface area contributed by atoms with E-state index in [0.29, 0.717) is 5.76 Å². The van der Waals surface area contributed by atoms with Crippen LogP contribution in [-0.2, 0) is 0 Å². The molecule has 3 rings (SSSR count). The largest absolute Gasteiger partial charge is 0.478 e. The van der Waals surface area contributed by atoms with Crippen LogP contribution in [0.5, 0.6) is 0 Å². The van der Waals surface area contributed by atoms with Crippen molar-refractivity contribution in [2.24, 2.45) is 0 Å². The summed E-state index contributed by atoms with van der Waals surface area (Å²) in [5.41, 5.74) is 3.04. The Morgan fingerprint density at radius 1 is 0.850 bits per heavy atom. The van der Waals surface area contributed by atoms with Gasteiger partial charge in [-0.1, -0.05) is 48.5 Å². The van der Waals surface area contributed by atoms with Gasteiger partial charge in [0, 0.05) is 5.56 Å². The average molecular weight is 264 g/mol. The van der Waals surface area contributed by atoms with Gasteiger partial charge in [-0.25, -0.2) is 4.79 Å². The first-order valence-corrected chi connectivity index (χ1v) is 6.22. The van der Waals surface area contributed by atoms with E-state index in [0.717, 1.165) is 16.7 Å². The molecule has 2 aromatic carbocycles. The van der Waals surface area contributed by atoms with Crippen molar-refractivity contribution < 1.29 is 14.3 Å². The molecule has 0 fully saturated rings. The Kier molecular flexibility index (Phi) is 3.09. The molecule has 1 aromatic heterocycles. The Bertz CT molecular complexity index is 742. The van der Waals surface area contributed by atoms with E-state index in [1.165, 1.54) is 12.3 Å². The molecule has 0 unspecified atom stereocenters. The molecule has 1 N–H and O–H groups in total. The second-order valence-electron chi connectivity index (χ2n) is 4.42. The van der Waals surface area contributed by atoms with Crippen LogP contribution in [0.3, 0.4) is 0 Å². The third-order valence-corrected chi connectivity index (χ3v) is 3.13. The molecule has 0 spiro atoms. The first kappa shape index (κ1) is 12.2. The predicted molar refractivity (Wildman–Crippen MR) is 76.5 cm³/mol. The van der Waals surface area contributed by atoms with Crippen molar-refractivity contribution in [3.05, 3.63) is 72.5 Å². The van der Waals surface area contributed by atoms with Crippen LogP contribution < -0.4 is 0 Å². The monoisotopic (exact) mass is 264 g/mol. The predicted octanol–water partition coefficient (Wildman–Crippen LogP) is 4.31. The third kappa shape index (κ3) is 2.21. The second-order valence-corrected chi connectivity index (χ2v) is 4.42. The van der Waals surface area contributed by atoms with Gasteiger partial charge in [0.05, 0.1) is 6.26 Å². The first-order valence-electron chi connectivity index (χ1n) is 6.22. The molecule has 0 radical (unpaired) electrons. The van der Waals surface area contributed by atoms with Gasteiger partial charge >= 0.3 is 5.97 Å². The summed E-state index contributed by atoms with van der Waals surface area (Å²) in [6.45, 7) is 0. The zero-order valence-electron chi connectivity index (χ0n) is 10.6. The Morgan fingerprint density at radius 2 is 1.55 bits per heavy atom. The summed E-state index contributed by atoms with van der Waals surface area (Å²) in [4.78, 5) is 11.2. The van der Waals surface area contributed by atoms with Gasteiger partial charge < -0.3 is 9.52 Å². The van der Waals surface area contributed by atoms with E-state index in [1.807, 2.05) is 54.6 Å². The molecule has 1 heterocycles. The van der Waals surface area contributed by atoms with Crippen molar-refractivity contribution in [3.63, 3.8) is 0 Å². The molecule has 98 valence electrons. The van der Waals surface area contributed by atoms with Crippen LogP contribution in [-0.4, -0.2) is 11.1 Å². The van der Waals surface area contributed by atoms with Gasteiger partial charge in [0.1, 0.15) is 11.3 Å². The maximum atomic E-state index is 11.2. The zero-order chi connectivity index (χ0) is 13.9. The number of aromatic carboxylic acids is 1. The summed E-state index contributed by atoms with van der Waals surface area (Å²) in [6, 6.07) is 19.1. The molecular weight excluding hydrogens is 252 g/mol. The van der Waals surface area contributed by atoms with Crippen molar-refractivity contribution in [1.82, 2.24) is 0 Å². The van der Waals surface area contributed by atoms with Gasteiger partial charge in [0.15, 0.2) is 0 Å². The maximum Gasteiger partial charge on any atom is 0.339 e. The van der Waals surface area contributed by atoms with Crippen LogP contribution in [0.4, 0.5) is 0 Å². The van der Waals surface area contributed by atoms with E-state index in [-0.39, 0.29) is 5.56 Å². The normalized spacial score (nSPS) is 10.4. The number of benzene rings is 2. The van der Waals surface area contributed by atoms with Gasteiger partial charge in [-0.2, -0.15) is 0 Å². The zero-order valence-corrected chi connectivity index (χ0v) is 10.6. The van der Waals surface area contributed by atoms with Gasteiger partial charge in [0.2, 0.25) is 0 Å². The van der Waals surface area contributed by atoms with Crippen LogP contribution in [0, 0.1) is 0 Å². The highest BCUT2D eigenvalue weighted by Crippen LogP contribution is 2.29. The van der Waals surface area contributed by atoms with Crippen LogP contribution in [0.25, 0.3) is 22.5 Å². The van der Waals surface area contributed by atoms with Crippen LogP contribution in [0.2, 0.25) is 0 Å². The molecule has 0 aliphatic carbocycles. The van der Waals surface area contributed by atoms with Crippen molar-refractivity contribution in [2.45, 2.75) is 0 Å². The van der Waals surface area contributed by atoms with Crippen molar-refractivity contribution in [3.8, 4) is 22.5 Å². The standard InChI is InChI=1S/C17H12O3/c18-17(19)15-9-10-20-16(15)14-8-4-7-13(11-14)12-5-2-1-3-6-12/h1-11H,(H,18,19). The van der Waals surface area contributed by atoms with Crippen molar-refractivity contribution >= 4 is 5.97 Å². The molecule has 0 atom stereocenters. The van der Waals surface area contributed by atoms with E-state index in [4.69, 9.17) is 9.52 Å². The summed E-state index contributed by atoms with van der Waals surface area (Å²) in [7, 11) is 0. The smallest absolute Gasteiger partial charge is 0.339 e. The summed E-state index contributed by atoms with van der Waals surface area (Å²) < 4.78 is 5.32. The van der Waals surface area contributed by atoms with Crippen molar-refractivity contribution in [1.29, 1.82) is 0 Å². The van der Waals surface area contributed by atoms with Crippen LogP contribution in [0.1, 0.15) is 10.4 Å². The lowest BCUT2D eigenvalue weighted by atomic mass is 10.0. The lowest BCUT2D eigenvalue weighted by Gasteiger charge is -2.04. The van der Waals surface area contributed by atoms with Crippen LogP contribution in [0.15, 0.2) is 71.3 Å². The van der Waals surface area contributed by atoms with E-state index in [2.05, 4.69) is 0 Å². The number of carboxylic acid groups (broad SMARTS) is 1. The molecular formula is C17H12O3. The van der Waals surface area contributed by atoms with Gasteiger partial charge in [-0.3, -0.25) is 0 Å². The Balaban J connectivity index is 2.08. The quantitative estimate of drug-likeness (QED) is 0.766. The molecule has 0 aliphatic rings. The fourth-order valence-electron chi connectivity index (χ4n) is 2.17. The Morgan fingerprint density at radius 3 is 2.30 bits per heavy atom. The highest BCUT2D eigenvalue weighted by molar-refractivity contribution is 5.94. The number of furan rings is 1. The van der Waals surface area contributed by atoms with E-state index in [1.54, 1.807) is 0 Å². The molecule has 0 amide bonds. The number of rotatable bonds is 3. The highest BCUT2D eigenvalue weighted by Gasteiger charge is 2.15. The van der Waals surface area contributed by atoms with Crippen LogP contribution >= 0.6 is 0 Å². The number of hydrogen-bond donors (Lipinski definition) is 1. The van der Waals surface area contributed by atoms with Gasteiger partial charge in [0.25, 0.3) is 0 Å². The lowest BCUT2D eigenvalue weighted by Crippen LogP contribution is -1.95. The number of carboxylic acids is 1. The fourth-order valence-corrected chi connectivity index (χ4v) is 2.17. The van der Waals surface area contributed by atoms with E-state index < -0.39 is 5.97 Å². The summed E-state index contributed by atoms with van der Waals surface area (Å²) in [5.74, 6) is -0.603. The average Bonchev–Trinajstić information content (AvgIpc) is 2.98. The molecule has 0 saturated carbocycles. The topological polar surface area (TPSA) is 50.4 Å². The number of carbonyl (C=O) groups is 1. The third-order valence-electron chi connectivity index (χ3n) is 3.13. The molecule has 0 saturated heterocycles. The number of hydrogen-bond acceptors (Lipinski definition) is 2. The van der Waals surface area contributed by atoms with Crippen molar-refractivity contribution in [2.75, 3.05) is 0 Å². The SMILES string of the molecule is O=C(O)c1ccoc1-c1cccc(-c2ccccc2)c1. The molecule has 3 aromatic rings. The molecule has 0 aliphatic heterocycles. The summed E-state index contributed by atoms with van der Waals surface area (Å²) in [5, 5.41) is 9.14. The minimum atomic E-state index is -0.987. The lowest BCUT2D eigenvalue weighted by molar-refractivity contribution is 0.0697. The fraction of sp³-hybridized carbons (Fsp3) is 0. The summed E-state index contributed by atoms with van der Waals surface area (Å²) in [6.07, 6.45) is 1.40. The molecule has 0 bridgehead atoms. The summed E-state index contributed by atoms with van der Waals surface area (Å²) >= 11 is 0. The Hall–Kier alpha value is -2.81. The minimum Gasteiger partial charge on any atom is -0.478 e. The molecule has 3 heteroatoms. The van der Waals surface area contributed by atoms with E-state index >= 15 is 0 Å². The second kappa shape index (κ2) is 5.05. The minimum absolute atomic E-state index is 0.176. The molecule has 3 nitrogen and oxygen atoms in total.